The van der Waals surface area contributed by atoms with Gasteiger partial charge in [0, 0.05) is 28.1 Å². The lowest BCUT2D eigenvalue weighted by Crippen LogP contribution is -2.20. The molecule has 0 aliphatic heterocycles. The fourth-order valence-corrected chi connectivity index (χ4v) is 3.33. The standard InChI is InChI=1S/C18H21NO4S/c1-13-7-8-17(23-3)14(9-13)11-24(21)12-18(20)19-15-5-4-6-16(10-15)22-2/h4-10H,11-12H2,1-3H3,(H,19,20)/t24-/m0/s1. The van der Waals surface area contributed by atoms with Crippen LogP contribution in [0.1, 0.15) is 11.1 Å². The Bertz CT molecular complexity index is 746. The van der Waals surface area contributed by atoms with Crippen LogP contribution in [-0.4, -0.2) is 30.1 Å². The molecule has 24 heavy (non-hydrogen) atoms. The minimum Gasteiger partial charge on any atom is -0.497 e. The van der Waals surface area contributed by atoms with Crippen molar-refractivity contribution in [1.82, 2.24) is 0 Å². The molecular formula is C18H21NO4S. The molecule has 0 aromatic heterocycles. The van der Waals surface area contributed by atoms with Crippen molar-refractivity contribution in [1.29, 1.82) is 0 Å². The molecule has 0 bridgehead atoms. The molecule has 0 radical (unpaired) electrons. The Kier molecular flexibility index (Phi) is 6.37. The molecule has 6 heteroatoms. The Labute approximate surface area is 144 Å². The van der Waals surface area contributed by atoms with Crippen LogP contribution in [0.4, 0.5) is 5.69 Å². The maximum atomic E-state index is 12.3. The Morgan fingerprint density at radius 2 is 1.92 bits per heavy atom. The summed E-state index contributed by atoms with van der Waals surface area (Å²) < 4.78 is 22.7. The number of aryl methyl sites for hydroxylation is 1. The number of ether oxygens (including phenoxy) is 2. The van der Waals surface area contributed by atoms with Crippen molar-refractivity contribution in [2.45, 2.75) is 12.7 Å². The van der Waals surface area contributed by atoms with Crippen molar-refractivity contribution in [3.05, 3.63) is 53.6 Å². The van der Waals surface area contributed by atoms with Crippen LogP contribution in [0.3, 0.4) is 0 Å². The quantitative estimate of drug-likeness (QED) is 0.836. The van der Waals surface area contributed by atoms with Crippen molar-refractivity contribution in [2.24, 2.45) is 0 Å². The third-order valence-corrected chi connectivity index (χ3v) is 4.62. The minimum atomic E-state index is -1.33. The maximum absolute atomic E-state index is 12.3. The lowest BCUT2D eigenvalue weighted by atomic mass is 10.1. The minimum absolute atomic E-state index is 0.0751. The first-order chi connectivity index (χ1) is 11.5. The number of carbonyl (C=O) groups excluding carboxylic acids is 1. The topological polar surface area (TPSA) is 64.6 Å². The fourth-order valence-electron chi connectivity index (χ4n) is 2.29. The van der Waals surface area contributed by atoms with Crippen molar-refractivity contribution in [3.8, 4) is 11.5 Å². The number of nitrogens with one attached hydrogen (secondary N) is 1. The van der Waals surface area contributed by atoms with Crippen LogP contribution in [0.25, 0.3) is 0 Å². The van der Waals surface area contributed by atoms with Crippen LogP contribution < -0.4 is 14.8 Å². The van der Waals surface area contributed by atoms with E-state index in [1.165, 1.54) is 0 Å². The average molecular weight is 347 g/mol. The van der Waals surface area contributed by atoms with Crippen molar-refractivity contribution < 1.29 is 18.5 Å². The van der Waals surface area contributed by atoms with Gasteiger partial charge in [-0.1, -0.05) is 23.8 Å². The van der Waals surface area contributed by atoms with Crippen LogP contribution in [0.5, 0.6) is 11.5 Å². The van der Waals surface area contributed by atoms with Crippen LogP contribution in [0, 0.1) is 6.92 Å². The highest BCUT2D eigenvalue weighted by Gasteiger charge is 2.12. The molecule has 0 unspecified atom stereocenters. The largest absolute Gasteiger partial charge is 0.497 e. The van der Waals surface area contributed by atoms with Crippen LogP contribution >= 0.6 is 0 Å². The second-order valence-corrected chi connectivity index (χ2v) is 6.78. The molecule has 0 aliphatic carbocycles. The van der Waals surface area contributed by atoms with Gasteiger partial charge in [0.15, 0.2) is 0 Å². The second-order valence-electron chi connectivity index (χ2n) is 5.32. The maximum Gasteiger partial charge on any atom is 0.237 e. The van der Waals surface area contributed by atoms with E-state index in [0.29, 0.717) is 17.2 Å². The van der Waals surface area contributed by atoms with E-state index in [9.17, 15) is 9.00 Å². The normalized spacial score (nSPS) is 11.6. The summed E-state index contributed by atoms with van der Waals surface area (Å²) >= 11 is 0. The second kappa shape index (κ2) is 8.49. The Hall–Kier alpha value is -2.34. The highest BCUT2D eigenvalue weighted by Crippen LogP contribution is 2.21. The van der Waals surface area contributed by atoms with Gasteiger partial charge in [-0.15, -0.1) is 0 Å². The summed E-state index contributed by atoms with van der Waals surface area (Å²) in [6.45, 7) is 1.96. The molecule has 1 atom stereocenters. The number of hydrogen-bond donors (Lipinski definition) is 1. The fraction of sp³-hybridized carbons (Fsp3) is 0.278. The first-order valence-electron chi connectivity index (χ1n) is 7.44. The average Bonchev–Trinajstić information content (AvgIpc) is 2.55. The van der Waals surface area contributed by atoms with Gasteiger partial charge in [0.05, 0.1) is 20.0 Å². The van der Waals surface area contributed by atoms with Gasteiger partial charge in [-0.3, -0.25) is 9.00 Å². The number of amides is 1. The first-order valence-corrected chi connectivity index (χ1v) is 8.93. The van der Waals surface area contributed by atoms with E-state index >= 15 is 0 Å². The van der Waals surface area contributed by atoms with E-state index in [4.69, 9.17) is 9.47 Å². The molecule has 5 nitrogen and oxygen atoms in total. The third-order valence-electron chi connectivity index (χ3n) is 3.40. The van der Waals surface area contributed by atoms with Gasteiger partial charge in [-0.25, -0.2) is 0 Å². The number of anilines is 1. The molecule has 2 aromatic carbocycles. The first kappa shape index (κ1) is 18.0. The Morgan fingerprint density at radius 3 is 2.62 bits per heavy atom. The monoisotopic (exact) mass is 347 g/mol. The zero-order valence-electron chi connectivity index (χ0n) is 14.0. The summed E-state index contributed by atoms with van der Waals surface area (Å²) in [4.78, 5) is 12.1. The van der Waals surface area contributed by atoms with Gasteiger partial charge in [-0.05, 0) is 25.1 Å². The van der Waals surface area contributed by atoms with E-state index in [1.807, 2.05) is 25.1 Å². The molecule has 0 fully saturated rings. The molecule has 0 heterocycles. The van der Waals surface area contributed by atoms with Crippen LogP contribution in [0.15, 0.2) is 42.5 Å². The van der Waals surface area contributed by atoms with E-state index in [2.05, 4.69) is 5.32 Å². The molecule has 2 rings (SSSR count). The van der Waals surface area contributed by atoms with E-state index < -0.39 is 10.8 Å². The molecule has 0 saturated carbocycles. The van der Waals surface area contributed by atoms with Crippen molar-refractivity contribution in [3.63, 3.8) is 0 Å². The lowest BCUT2D eigenvalue weighted by molar-refractivity contribution is -0.113. The van der Waals surface area contributed by atoms with E-state index in [1.54, 1.807) is 38.5 Å². The zero-order chi connectivity index (χ0) is 17.5. The van der Waals surface area contributed by atoms with Crippen molar-refractivity contribution >= 4 is 22.4 Å². The van der Waals surface area contributed by atoms with Crippen molar-refractivity contribution in [2.75, 3.05) is 25.3 Å². The predicted molar refractivity (Wildman–Crippen MR) is 96.1 cm³/mol. The number of carbonyl (C=O) groups is 1. The number of hydrogen-bond acceptors (Lipinski definition) is 4. The van der Waals surface area contributed by atoms with Crippen LogP contribution in [0.2, 0.25) is 0 Å². The highest BCUT2D eigenvalue weighted by atomic mass is 32.2. The van der Waals surface area contributed by atoms with Gasteiger partial charge < -0.3 is 14.8 Å². The zero-order valence-corrected chi connectivity index (χ0v) is 14.8. The number of rotatable bonds is 7. The molecule has 128 valence electrons. The van der Waals surface area contributed by atoms with Gasteiger partial charge in [0.2, 0.25) is 5.91 Å². The Morgan fingerprint density at radius 1 is 1.12 bits per heavy atom. The highest BCUT2D eigenvalue weighted by molar-refractivity contribution is 7.85. The third kappa shape index (κ3) is 5.09. The molecule has 1 amide bonds. The molecule has 1 N–H and O–H groups in total. The molecule has 0 aliphatic rings. The van der Waals surface area contributed by atoms with E-state index in [-0.39, 0.29) is 17.4 Å². The SMILES string of the molecule is COc1cccc(NC(=O)C[S@@](=O)Cc2cc(C)ccc2OC)c1. The summed E-state index contributed by atoms with van der Waals surface area (Å²) in [7, 11) is 1.81. The smallest absolute Gasteiger partial charge is 0.237 e. The molecule has 0 spiro atoms. The van der Waals surface area contributed by atoms with Gasteiger partial charge in [-0.2, -0.15) is 0 Å². The summed E-state index contributed by atoms with van der Waals surface area (Å²) in [6.07, 6.45) is 0. The summed E-state index contributed by atoms with van der Waals surface area (Å²) in [5, 5.41) is 2.73. The molecule has 2 aromatic rings. The van der Waals surface area contributed by atoms with Gasteiger partial charge in [0.1, 0.15) is 17.3 Å². The van der Waals surface area contributed by atoms with Crippen LogP contribution in [-0.2, 0) is 21.3 Å². The summed E-state index contributed by atoms with van der Waals surface area (Å²) in [6, 6.07) is 12.7. The summed E-state index contributed by atoms with van der Waals surface area (Å²) in [5.74, 6) is 1.24. The number of benzene rings is 2. The number of methoxy groups -OCH3 is 2. The summed E-state index contributed by atoms with van der Waals surface area (Å²) in [5.41, 5.74) is 2.51. The van der Waals surface area contributed by atoms with E-state index in [0.717, 1.165) is 11.1 Å². The molecule has 0 saturated heterocycles. The Balaban J connectivity index is 1.96. The molecular weight excluding hydrogens is 326 g/mol. The van der Waals surface area contributed by atoms with Gasteiger partial charge >= 0.3 is 0 Å². The predicted octanol–water partition coefficient (Wildman–Crippen LogP) is 2.90. The lowest BCUT2D eigenvalue weighted by Gasteiger charge is -2.10. The van der Waals surface area contributed by atoms with Gasteiger partial charge in [0.25, 0.3) is 0 Å².